The summed E-state index contributed by atoms with van der Waals surface area (Å²) in [4.78, 5) is 0. The maximum absolute atomic E-state index is 6.11. The van der Waals surface area contributed by atoms with Crippen LogP contribution in [0.25, 0.3) is 0 Å². The second kappa shape index (κ2) is 6.49. The normalized spacial score (nSPS) is 12.2. The molecule has 0 aliphatic heterocycles. The van der Waals surface area contributed by atoms with Crippen LogP contribution < -0.4 is 10.1 Å². The van der Waals surface area contributed by atoms with Crippen LogP contribution in [0.1, 0.15) is 22.7 Å². The summed E-state index contributed by atoms with van der Waals surface area (Å²) in [6.07, 6.45) is 0. The highest BCUT2D eigenvalue weighted by Gasteiger charge is 2.15. The molecule has 1 unspecified atom stereocenters. The predicted octanol–water partition coefficient (Wildman–Crippen LogP) is 4.62. The standard InChI is InChI=1S/C16H17Cl2NO/c1-10-8-12(20-3)5-6-13(10)16(19-2)11-4-7-14(17)15(18)9-11/h4-9,16,19H,1-3H3. The van der Waals surface area contributed by atoms with E-state index in [1.165, 1.54) is 5.56 Å². The molecule has 0 saturated carbocycles. The number of ether oxygens (including phenoxy) is 1. The molecule has 20 heavy (non-hydrogen) atoms. The first-order chi connectivity index (χ1) is 9.56. The summed E-state index contributed by atoms with van der Waals surface area (Å²) in [7, 11) is 3.60. The third kappa shape index (κ3) is 3.09. The van der Waals surface area contributed by atoms with Crippen LogP contribution in [0.4, 0.5) is 0 Å². The lowest BCUT2D eigenvalue weighted by Crippen LogP contribution is -2.18. The van der Waals surface area contributed by atoms with Gasteiger partial charge in [-0.15, -0.1) is 0 Å². The average Bonchev–Trinajstić information content (AvgIpc) is 2.45. The fourth-order valence-corrected chi connectivity index (χ4v) is 2.60. The maximum Gasteiger partial charge on any atom is 0.119 e. The topological polar surface area (TPSA) is 21.3 Å². The highest BCUT2D eigenvalue weighted by Crippen LogP contribution is 2.31. The average molecular weight is 310 g/mol. The molecule has 2 aromatic rings. The van der Waals surface area contributed by atoms with Gasteiger partial charge in [0, 0.05) is 0 Å². The van der Waals surface area contributed by atoms with Crippen LogP contribution in [-0.4, -0.2) is 14.2 Å². The Morgan fingerprint density at radius 3 is 2.35 bits per heavy atom. The van der Waals surface area contributed by atoms with Gasteiger partial charge >= 0.3 is 0 Å². The third-order valence-electron chi connectivity index (χ3n) is 3.35. The number of aryl methyl sites for hydroxylation is 1. The van der Waals surface area contributed by atoms with Crippen molar-refractivity contribution in [1.29, 1.82) is 0 Å². The second-order valence-corrected chi connectivity index (χ2v) is 5.43. The molecule has 1 atom stereocenters. The number of benzene rings is 2. The monoisotopic (exact) mass is 309 g/mol. The molecule has 1 N–H and O–H groups in total. The molecule has 0 radical (unpaired) electrons. The van der Waals surface area contributed by atoms with Crippen molar-refractivity contribution in [1.82, 2.24) is 5.32 Å². The number of rotatable bonds is 4. The van der Waals surface area contributed by atoms with Crippen LogP contribution in [0.5, 0.6) is 5.75 Å². The van der Waals surface area contributed by atoms with Crippen molar-refractivity contribution >= 4 is 23.2 Å². The summed E-state index contributed by atoms with van der Waals surface area (Å²) in [5.74, 6) is 0.857. The van der Waals surface area contributed by atoms with E-state index in [0.29, 0.717) is 10.0 Å². The first kappa shape index (κ1) is 15.2. The maximum atomic E-state index is 6.11. The molecule has 0 amide bonds. The van der Waals surface area contributed by atoms with Crippen LogP contribution in [0, 0.1) is 6.92 Å². The van der Waals surface area contributed by atoms with Gasteiger partial charge in [-0.25, -0.2) is 0 Å². The minimum Gasteiger partial charge on any atom is -0.497 e. The first-order valence-electron chi connectivity index (χ1n) is 6.33. The zero-order chi connectivity index (χ0) is 14.7. The Kier molecular flexibility index (Phi) is 4.92. The number of hydrogen-bond donors (Lipinski definition) is 1. The fraction of sp³-hybridized carbons (Fsp3) is 0.250. The van der Waals surface area contributed by atoms with Gasteiger partial charge in [0.15, 0.2) is 0 Å². The summed E-state index contributed by atoms with van der Waals surface area (Å²) in [6.45, 7) is 2.07. The van der Waals surface area contributed by atoms with Gasteiger partial charge in [0.05, 0.1) is 23.2 Å². The van der Waals surface area contributed by atoms with Crippen LogP contribution in [0.3, 0.4) is 0 Å². The highest BCUT2D eigenvalue weighted by molar-refractivity contribution is 6.42. The Bertz CT molecular complexity index is 613. The minimum absolute atomic E-state index is 0.0654. The summed E-state index contributed by atoms with van der Waals surface area (Å²) < 4.78 is 5.24. The summed E-state index contributed by atoms with van der Waals surface area (Å²) in [5.41, 5.74) is 3.43. The highest BCUT2D eigenvalue weighted by atomic mass is 35.5. The number of hydrogen-bond acceptors (Lipinski definition) is 2. The zero-order valence-electron chi connectivity index (χ0n) is 11.7. The van der Waals surface area contributed by atoms with Gasteiger partial charge in [0.25, 0.3) is 0 Å². The van der Waals surface area contributed by atoms with Gasteiger partial charge in [0.2, 0.25) is 0 Å². The van der Waals surface area contributed by atoms with Crippen LogP contribution in [-0.2, 0) is 0 Å². The Morgan fingerprint density at radius 1 is 1.05 bits per heavy atom. The van der Waals surface area contributed by atoms with E-state index in [1.54, 1.807) is 7.11 Å². The van der Waals surface area contributed by atoms with E-state index >= 15 is 0 Å². The largest absolute Gasteiger partial charge is 0.497 e. The lowest BCUT2D eigenvalue weighted by molar-refractivity contribution is 0.414. The van der Waals surface area contributed by atoms with Crippen molar-refractivity contribution in [3.63, 3.8) is 0 Å². The van der Waals surface area contributed by atoms with Crippen molar-refractivity contribution in [2.24, 2.45) is 0 Å². The molecule has 106 valence electrons. The van der Waals surface area contributed by atoms with Crippen molar-refractivity contribution in [2.75, 3.05) is 14.2 Å². The Balaban J connectivity index is 2.43. The number of methoxy groups -OCH3 is 1. The van der Waals surface area contributed by atoms with E-state index in [2.05, 4.69) is 18.3 Å². The van der Waals surface area contributed by atoms with Gasteiger partial charge in [-0.3, -0.25) is 0 Å². The Morgan fingerprint density at radius 2 is 1.80 bits per heavy atom. The van der Waals surface area contributed by atoms with Crippen LogP contribution in [0.15, 0.2) is 36.4 Å². The fourth-order valence-electron chi connectivity index (χ4n) is 2.29. The van der Waals surface area contributed by atoms with Crippen molar-refractivity contribution < 1.29 is 4.74 Å². The molecule has 0 fully saturated rings. The second-order valence-electron chi connectivity index (χ2n) is 4.62. The molecule has 2 aromatic carbocycles. The van der Waals surface area contributed by atoms with Gasteiger partial charge in [-0.2, -0.15) is 0 Å². The Labute approximate surface area is 129 Å². The van der Waals surface area contributed by atoms with Gasteiger partial charge in [-0.05, 0) is 54.9 Å². The van der Waals surface area contributed by atoms with E-state index in [9.17, 15) is 0 Å². The smallest absolute Gasteiger partial charge is 0.119 e. The van der Waals surface area contributed by atoms with E-state index in [4.69, 9.17) is 27.9 Å². The predicted molar refractivity (Wildman–Crippen MR) is 85.1 cm³/mol. The lowest BCUT2D eigenvalue weighted by Gasteiger charge is -2.20. The van der Waals surface area contributed by atoms with Crippen molar-refractivity contribution in [2.45, 2.75) is 13.0 Å². The lowest BCUT2D eigenvalue weighted by atomic mass is 9.95. The van der Waals surface area contributed by atoms with Crippen molar-refractivity contribution in [3.05, 3.63) is 63.1 Å². The summed E-state index contributed by atoms with van der Waals surface area (Å²) in [5, 5.41) is 4.45. The molecule has 0 aliphatic rings. The van der Waals surface area contributed by atoms with Crippen molar-refractivity contribution in [3.8, 4) is 5.75 Å². The third-order valence-corrected chi connectivity index (χ3v) is 4.09. The first-order valence-corrected chi connectivity index (χ1v) is 7.09. The van der Waals surface area contributed by atoms with Crippen LogP contribution in [0.2, 0.25) is 10.0 Å². The SMILES string of the molecule is CNC(c1ccc(Cl)c(Cl)c1)c1ccc(OC)cc1C. The molecular formula is C16H17Cl2NO. The van der Waals surface area contributed by atoms with E-state index in [-0.39, 0.29) is 6.04 Å². The Hall–Kier alpha value is -1.22. The molecule has 0 saturated heterocycles. The van der Waals surface area contributed by atoms with Gasteiger partial charge in [0.1, 0.15) is 5.75 Å². The van der Waals surface area contributed by atoms with Gasteiger partial charge in [-0.1, -0.05) is 35.3 Å². The summed E-state index contributed by atoms with van der Waals surface area (Å²) in [6, 6.07) is 11.8. The quantitative estimate of drug-likeness (QED) is 0.890. The number of nitrogens with one attached hydrogen (secondary N) is 1. The molecule has 2 rings (SSSR count). The van der Waals surface area contributed by atoms with Gasteiger partial charge < -0.3 is 10.1 Å². The summed E-state index contributed by atoms with van der Waals surface area (Å²) >= 11 is 12.1. The molecule has 0 bridgehead atoms. The van der Waals surface area contributed by atoms with E-state index in [0.717, 1.165) is 16.9 Å². The molecular weight excluding hydrogens is 293 g/mol. The molecule has 2 nitrogen and oxygen atoms in total. The molecule has 0 aliphatic carbocycles. The van der Waals surface area contributed by atoms with E-state index in [1.807, 2.05) is 37.4 Å². The molecule has 0 aromatic heterocycles. The zero-order valence-corrected chi connectivity index (χ0v) is 13.2. The van der Waals surface area contributed by atoms with E-state index < -0.39 is 0 Å². The molecule has 4 heteroatoms. The molecule has 0 heterocycles. The molecule has 0 spiro atoms. The van der Waals surface area contributed by atoms with Crippen LogP contribution >= 0.6 is 23.2 Å². The minimum atomic E-state index is 0.0654. The number of halogens is 2.